The van der Waals surface area contributed by atoms with Gasteiger partial charge in [-0.15, -0.1) is 0 Å². The first kappa shape index (κ1) is 20.4. The van der Waals surface area contributed by atoms with Gasteiger partial charge in [-0.1, -0.05) is 91.4 Å². The van der Waals surface area contributed by atoms with Crippen molar-refractivity contribution in [2.45, 2.75) is 104 Å². The molecular formula is C19H37NO. The van der Waals surface area contributed by atoms with E-state index in [0.29, 0.717) is 12.0 Å². The molecule has 0 heterocycles. The molecule has 0 spiro atoms. The van der Waals surface area contributed by atoms with Crippen LogP contribution in [0.2, 0.25) is 0 Å². The van der Waals surface area contributed by atoms with Crippen LogP contribution in [0.5, 0.6) is 0 Å². The number of aliphatic imine (C=N–C) groups is 1. The summed E-state index contributed by atoms with van der Waals surface area (Å²) in [6, 6.07) is 0. The van der Waals surface area contributed by atoms with E-state index in [0.717, 1.165) is 6.42 Å². The molecule has 0 saturated heterocycles. The van der Waals surface area contributed by atoms with E-state index in [1.807, 2.05) is 0 Å². The van der Waals surface area contributed by atoms with Crippen LogP contribution in [-0.2, 0) is 4.79 Å². The second kappa shape index (κ2) is 14.3. The molecule has 0 fully saturated rings. The van der Waals surface area contributed by atoms with Crippen LogP contribution in [0.4, 0.5) is 0 Å². The Kier molecular flexibility index (Phi) is 13.9. The predicted octanol–water partition coefficient (Wildman–Crippen LogP) is 6.44. The van der Waals surface area contributed by atoms with Gasteiger partial charge in [-0.3, -0.25) is 0 Å². The Labute approximate surface area is 132 Å². The quantitative estimate of drug-likeness (QED) is 0.206. The Hall–Kier alpha value is -0.620. The molecule has 2 heteroatoms. The third-order valence-corrected chi connectivity index (χ3v) is 4.01. The first-order valence-corrected chi connectivity index (χ1v) is 9.10. The molecule has 0 bridgehead atoms. The molecule has 0 aromatic heterocycles. The lowest BCUT2D eigenvalue weighted by Gasteiger charge is -2.17. The van der Waals surface area contributed by atoms with Gasteiger partial charge >= 0.3 is 0 Å². The number of nitrogens with zero attached hydrogens (tertiary/aromatic N) is 1. The first-order valence-electron chi connectivity index (χ1n) is 9.10. The maximum Gasteiger partial charge on any atom is 0.234 e. The van der Waals surface area contributed by atoms with Gasteiger partial charge in [0, 0.05) is 0 Å². The largest absolute Gasteiger partial charge is 0.234 e. The lowest BCUT2D eigenvalue weighted by molar-refractivity contribution is 0.356. The monoisotopic (exact) mass is 295 g/mol. The van der Waals surface area contributed by atoms with Gasteiger partial charge in [0.15, 0.2) is 0 Å². The maximum atomic E-state index is 9.88. The van der Waals surface area contributed by atoms with Crippen molar-refractivity contribution in [3.05, 3.63) is 0 Å². The molecule has 0 aliphatic rings. The highest BCUT2D eigenvalue weighted by Crippen LogP contribution is 2.22. The average molecular weight is 296 g/mol. The molecule has 0 atom stereocenters. The number of hydrogen-bond donors (Lipinski definition) is 0. The maximum absolute atomic E-state index is 9.88. The molecule has 0 rings (SSSR count). The van der Waals surface area contributed by atoms with E-state index >= 15 is 0 Å². The van der Waals surface area contributed by atoms with Gasteiger partial charge in [-0.25, -0.2) is 9.79 Å². The van der Waals surface area contributed by atoms with Gasteiger partial charge in [0.2, 0.25) is 6.08 Å². The minimum absolute atomic E-state index is 0.513. The van der Waals surface area contributed by atoms with Gasteiger partial charge in [-0.2, -0.15) is 0 Å². The topological polar surface area (TPSA) is 29.4 Å². The van der Waals surface area contributed by atoms with Gasteiger partial charge in [0.1, 0.15) is 0 Å². The minimum Gasteiger partial charge on any atom is -0.211 e. The molecule has 0 unspecified atom stereocenters. The van der Waals surface area contributed by atoms with Crippen LogP contribution in [0.25, 0.3) is 0 Å². The molecule has 0 N–H and O–H groups in total. The first-order chi connectivity index (χ1) is 10.1. The summed E-state index contributed by atoms with van der Waals surface area (Å²) in [7, 11) is 0. The Balaban J connectivity index is 3.04. The van der Waals surface area contributed by atoms with Crippen LogP contribution < -0.4 is 0 Å². The van der Waals surface area contributed by atoms with Crippen molar-refractivity contribution in [3.8, 4) is 0 Å². The van der Waals surface area contributed by atoms with Crippen LogP contribution in [0.1, 0.15) is 104 Å². The van der Waals surface area contributed by atoms with Crippen molar-refractivity contribution in [2.24, 2.45) is 10.4 Å². The van der Waals surface area contributed by atoms with E-state index in [2.05, 4.69) is 25.8 Å². The van der Waals surface area contributed by atoms with Crippen LogP contribution in [-0.4, -0.2) is 12.6 Å². The lowest BCUT2D eigenvalue weighted by Crippen LogP contribution is -2.03. The van der Waals surface area contributed by atoms with Crippen molar-refractivity contribution < 1.29 is 4.79 Å². The number of unbranched alkanes of at least 4 members (excludes halogenated alkanes) is 11. The van der Waals surface area contributed by atoms with E-state index in [9.17, 15) is 4.79 Å². The summed E-state index contributed by atoms with van der Waals surface area (Å²) in [5.74, 6) is 0. The van der Waals surface area contributed by atoms with Crippen molar-refractivity contribution in [1.29, 1.82) is 0 Å². The van der Waals surface area contributed by atoms with Gasteiger partial charge in [0.25, 0.3) is 0 Å². The molecule has 0 aromatic carbocycles. The highest BCUT2D eigenvalue weighted by Gasteiger charge is 2.08. The van der Waals surface area contributed by atoms with Crippen LogP contribution in [0, 0.1) is 5.41 Å². The Bertz CT molecular complexity index is 261. The summed E-state index contributed by atoms with van der Waals surface area (Å²) in [6.45, 7) is 7.67. The summed E-state index contributed by atoms with van der Waals surface area (Å²) in [6.07, 6.45) is 19.1. The Morgan fingerprint density at radius 1 is 0.667 bits per heavy atom. The van der Waals surface area contributed by atoms with Gasteiger partial charge < -0.3 is 0 Å². The van der Waals surface area contributed by atoms with Crippen LogP contribution in [0.15, 0.2) is 4.99 Å². The van der Waals surface area contributed by atoms with Crippen LogP contribution >= 0.6 is 0 Å². The van der Waals surface area contributed by atoms with E-state index in [-0.39, 0.29) is 0 Å². The van der Waals surface area contributed by atoms with E-state index in [4.69, 9.17) is 0 Å². The summed E-state index contributed by atoms with van der Waals surface area (Å²) >= 11 is 0. The zero-order valence-corrected chi connectivity index (χ0v) is 14.8. The molecule has 2 nitrogen and oxygen atoms in total. The second-order valence-corrected chi connectivity index (χ2v) is 7.53. The molecule has 0 saturated carbocycles. The lowest BCUT2D eigenvalue weighted by atomic mass is 9.89. The molecular weight excluding hydrogens is 258 g/mol. The number of carbonyl (C=O) groups excluding carboxylic acids is 1. The highest BCUT2D eigenvalue weighted by atomic mass is 16.1. The highest BCUT2D eigenvalue weighted by molar-refractivity contribution is 5.32. The Morgan fingerprint density at radius 2 is 1.05 bits per heavy atom. The van der Waals surface area contributed by atoms with E-state index in [1.165, 1.54) is 77.0 Å². The molecule has 0 aliphatic heterocycles. The summed E-state index contributed by atoms with van der Waals surface area (Å²) in [5.41, 5.74) is 0.513. The molecule has 21 heavy (non-hydrogen) atoms. The van der Waals surface area contributed by atoms with Gasteiger partial charge in [-0.05, 0) is 18.3 Å². The summed E-state index contributed by atoms with van der Waals surface area (Å²) in [4.78, 5) is 13.4. The van der Waals surface area contributed by atoms with E-state index in [1.54, 1.807) is 6.08 Å². The minimum atomic E-state index is 0.513. The molecule has 0 aromatic rings. The van der Waals surface area contributed by atoms with Crippen molar-refractivity contribution >= 4 is 6.08 Å². The fraction of sp³-hybridized carbons (Fsp3) is 0.947. The fourth-order valence-electron chi connectivity index (χ4n) is 2.66. The Morgan fingerprint density at radius 3 is 1.43 bits per heavy atom. The SMILES string of the molecule is CC(C)(C)CCCCCCCCCCCCCCN=C=O. The average Bonchev–Trinajstić information content (AvgIpc) is 2.42. The van der Waals surface area contributed by atoms with Gasteiger partial charge in [0.05, 0.1) is 6.54 Å². The number of hydrogen-bond acceptors (Lipinski definition) is 2. The third-order valence-electron chi connectivity index (χ3n) is 4.01. The van der Waals surface area contributed by atoms with Crippen molar-refractivity contribution in [2.75, 3.05) is 6.54 Å². The molecule has 0 aliphatic carbocycles. The number of rotatable bonds is 14. The fourth-order valence-corrected chi connectivity index (χ4v) is 2.66. The molecule has 0 radical (unpaired) electrons. The zero-order chi connectivity index (χ0) is 15.8. The predicted molar refractivity (Wildman–Crippen MR) is 92.5 cm³/mol. The smallest absolute Gasteiger partial charge is 0.211 e. The second-order valence-electron chi connectivity index (χ2n) is 7.53. The summed E-state index contributed by atoms with van der Waals surface area (Å²) in [5, 5.41) is 0. The normalized spacial score (nSPS) is 11.4. The van der Waals surface area contributed by atoms with Crippen LogP contribution in [0.3, 0.4) is 0 Å². The zero-order valence-electron chi connectivity index (χ0n) is 14.8. The summed E-state index contributed by atoms with van der Waals surface area (Å²) < 4.78 is 0. The van der Waals surface area contributed by atoms with Crippen molar-refractivity contribution in [3.63, 3.8) is 0 Å². The molecule has 124 valence electrons. The standard InChI is InChI=1S/C19H37NO/c1-19(2,3)16-14-12-10-8-6-4-5-7-9-11-13-15-17-20-18-21/h4-17H2,1-3H3. The number of isocyanates is 1. The van der Waals surface area contributed by atoms with Crippen molar-refractivity contribution in [1.82, 2.24) is 0 Å². The molecule has 0 amide bonds. The third kappa shape index (κ3) is 19.4. The van der Waals surface area contributed by atoms with E-state index < -0.39 is 0 Å².